The SMILES string of the molecule is CSCC(C)CNC(=O)c1cn[nH]c1. The lowest BCUT2D eigenvalue weighted by Gasteiger charge is -2.09. The quantitative estimate of drug-likeness (QED) is 0.771. The fraction of sp³-hybridized carbons (Fsp3) is 0.556. The van der Waals surface area contributed by atoms with Crippen LogP contribution in [0.2, 0.25) is 0 Å². The molecule has 1 atom stereocenters. The number of carbonyl (C=O) groups is 1. The largest absolute Gasteiger partial charge is 0.352 e. The van der Waals surface area contributed by atoms with Gasteiger partial charge in [0.1, 0.15) is 0 Å². The molecule has 0 aromatic carbocycles. The van der Waals surface area contributed by atoms with Crippen LogP contribution in [-0.2, 0) is 0 Å². The molecule has 0 aliphatic heterocycles. The number of H-pyrrole nitrogens is 1. The summed E-state index contributed by atoms with van der Waals surface area (Å²) >= 11 is 1.79. The molecule has 0 saturated heterocycles. The van der Waals surface area contributed by atoms with Gasteiger partial charge in [0.05, 0.1) is 11.8 Å². The molecular weight excluding hydrogens is 198 g/mol. The van der Waals surface area contributed by atoms with Crippen LogP contribution in [0.15, 0.2) is 12.4 Å². The molecule has 1 rings (SSSR count). The first-order valence-corrected chi connectivity index (χ1v) is 5.89. The molecule has 0 aliphatic carbocycles. The highest BCUT2D eigenvalue weighted by atomic mass is 32.2. The number of hydrogen-bond donors (Lipinski definition) is 2. The van der Waals surface area contributed by atoms with Gasteiger partial charge in [0.2, 0.25) is 0 Å². The van der Waals surface area contributed by atoms with Gasteiger partial charge in [-0.05, 0) is 17.9 Å². The summed E-state index contributed by atoms with van der Waals surface area (Å²) < 4.78 is 0. The lowest BCUT2D eigenvalue weighted by molar-refractivity contribution is 0.0949. The van der Waals surface area contributed by atoms with Crippen molar-refractivity contribution in [3.8, 4) is 0 Å². The highest BCUT2D eigenvalue weighted by molar-refractivity contribution is 7.98. The smallest absolute Gasteiger partial charge is 0.254 e. The predicted octanol–water partition coefficient (Wildman–Crippen LogP) is 1.14. The maximum absolute atomic E-state index is 11.4. The van der Waals surface area contributed by atoms with Gasteiger partial charge in [-0.2, -0.15) is 16.9 Å². The summed E-state index contributed by atoms with van der Waals surface area (Å²) in [4.78, 5) is 11.4. The Balaban J connectivity index is 2.28. The Morgan fingerprint density at radius 3 is 3.14 bits per heavy atom. The molecule has 5 heteroatoms. The van der Waals surface area contributed by atoms with Gasteiger partial charge in [0.15, 0.2) is 0 Å². The molecule has 14 heavy (non-hydrogen) atoms. The van der Waals surface area contributed by atoms with Crippen molar-refractivity contribution >= 4 is 17.7 Å². The molecule has 4 nitrogen and oxygen atoms in total. The van der Waals surface area contributed by atoms with Crippen molar-refractivity contribution in [3.63, 3.8) is 0 Å². The van der Waals surface area contributed by atoms with E-state index in [9.17, 15) is 4.79 Å². The number of hydrogen-bond acceptors (Lipinski definition) is 3. The molecule has 0 saturated carbocycles. The minimum atomic E-state index is -0.0632. The molecule has 1 aromatic rings. The van der Waals surface area contributed by atoms with E-state index in [2.05, 4.69) is 28.7 Å². The summed E-state index contributed by atoms with van der Waals surface area (Å²) in [5, 5.41) is 9.18. The van der Waals surface area contributed by atoms with Crippen LogP contribution < -0.4 is 5.32 Å². The average molecular weight is 213 g/mol. The summed E-state index contributed by atoms with van der Waals surface area (Å²) in [6, 6.07) is 0. The molecule has 1 amide bonds. The first-order chi connectivity index (χ1) is 6.74. The van der Waals surface area contributed by atoms with Gasteiger partial charge in [-0.1, -0.05) is 6.92 Å². The van der Waals surface area contributed by atoms with Crippen LogP contribution in [0.3, 0.4) is 0 Å². The molecule has 78 valence electrons. The van der Waals surface area contributed by atoms with Crippen LogP contribution in [0.1, 0.15) is 17.3 Å². The van der Waals surface area contributed by atoms with E-state index in [-0.39, 0.29) is 5.91 Å². The van der Waals surface area contributed by atoms with E-state index in [4.69, 9.17) is 0 Å². The molecule has 0 radical (unpaired) electrons. The van der Waals surface area contributed by atoms with E-state index in [1.807, 2.05) is 0 Å². The topological polar surface area (TPSA) is 57.8 Å². The number of nitrogens with zero attached hydrogens (tertiary/aromatic N) is 1. The van der Waals surface area contributed by atoms with E-state index >= 15 is 0 Å². The second kappa shape index (κ2) is 5.70. The first kappa shape index (κ1) is 11.1. The zero-order valence-corrected chi connectivity index (χ0v) is 9.23. The Morgan fingerprint density at radius 2 is 2.57 bits per heavy atom. The number of thioether (sulfide) groups is 1. The molecule has 2 N–H and O–H groups in total. The van der Waals surface area contributed by atoms with Gasteiger partial charge in [-0.3, -0.25) is 9.89 Å². The Labute approximate surface area is 87.9 Å². The lowest BCUT2D eigenvalue weighted by atomic mass is 10.2. The van der Waals surface area contributed by atoms with Gasteiger partial charge < -0.3 is 5.32 Å². The van der Waals surface area contributed by atoms with Gasteiger partial charge in [0, 0.05) is 12.7 Å². The third-order valence-electron chi connectivity index (χ3n) is 1.82. The third-order valence-corrected chi connectivity index (χ3v) is 2.73. The number of amides is 1. The van der Waals surface area contributed by atoms with Crippen molar-refractivity contribution in [2.24, 2.45) is 5.92 Å². The van der Waals surface area contributed by atoms with Gasteiger partial charge in [-0.25, -0.2) is 0 Å². The average Bonchev–Trinajstić information content (AvgIpc) is 2.67. The number of aromatic nitrogens is 2. The number of carbonyl (C=O) groups excluding carboxylic acids is 1. The van der Waals surface area contributed by atoms with E-state index in [0.717, 1.165) is 5.75 Å². The summed E-state index contributed by atoms with van der Waals surface area (Å²) in [5.41, 5.74) is 0.585. The molecule has 0 aliphatic rings. The molecule has 0 spiro atoms. The summed E-state index contributed by atoms with van der Waals surface area (Å²) in [6.07, 6.45) is 5.18. The second-order valence-electron chi connectivity index (χ2n) is 3.26. The fourth-order valence-electron chi connectivity index (χ4n) is 1.09. The van der Waals surface area contributed by atoms with Crippen LogP contribution in [0.4, 0.5) is 0 Å². The maximum atomic E-state index is 11.4. The number of rotatable bonds is 5. The van der Waals surface area contributed by atoms with E-state index in [0.29, 0.717) is 18.0 Å². The molecule has 1 heterocycles. The second-order valence-corrected chi connectivity index (χ2v) is 4.17. The summed E-state index contributed by atoms with van der Waals surface area (Å²) in [5.74, 6) is 1.50. The third kappa shape index (κ3) is 3.41. The van der Waals surface area contributed by atoms with E-state index < -0.39 is 0 Å². The standard InChI is InChI=1S/C9H15N3OS/c1-7(6-14-2)3-10-9(13)8-4-11-12-5-8/h4-5,7H,3,6H2,1-2H3,(H,10,13)(H,11,12). The van der Waals surface area contributed by atoms with Crippen LogP contribution in [0.25, 0.3) is 0 Å². The Bertz CT molecular complexity index is 274. The highest BCUT2D eigenvalue weighted by Gasteiger charge is 2.07. The van der Waals surface area contributed by atoms with Crippen LogP contribution in [0, 0.1) is 5.92 Å². The van der Waals surface area contributed by atoms with Gasteiger partial charge in [0.25, 0.3) is 5.91 Å². The molecule has 0 fully saturated rings. The van der Waals surface area contributed by atoms with E-state index in [1.54, 1.807) is 18.0 Å². The monoisotopic (exact) mass is 213 g/mol. The fourth-order valence-corrected chi connectivity index (χ4v) is 1.77. The molecule has 1 unspecified atom stereocenters. The summed E-state index contributed by atoms with van der Waals surface area (Å²) in [7, 11) is 0. The van der Waals surface area contributed by atoms with Crippen molar-refractivity contribution in [1.82, 2.24) is 15.5 Å². The Hall–Kier alpha value is -0.970. The zero-order valence-electron chi connectivity index (χ0n) is 8.41. The van der Waals surface area contributed by atoms with Crippen molar-refractivity contribution < 1.29 is 4.79 Å². The maximum Gasteiger partial charge on any atom is 0.254 e. The van der Waals surface area contributed by atoms with Gasteiger partial charge >= 0.3 is 0 Å². The van der Waals surface area contributed by atoms with E-state index in [1.165, 1.54) is 6.20 Å². The van der Waals surface area contributed by atoms with Crippen LogP contribution in [0.5, 0.6) is 0 Å². The normalized spacial score (nSPS) is 12.4. The van der Waals surface area contributed by atoms with Crippen molar-refractivity contribution in [3.05, 3.63) is 18.0 Å². The van der Waals surface area contributed by atoms with Crippen molar-refractivity contribution in [1.29, 1.82) is 0 Å². The minimum Gasteiger partial charge on any atom is -0.352 e. The van der Waals surface area contributed by atoms with Crippen LogP contribution in [-0.4, -0.2) is 34.7 Å². The molecular formula is C9H15N3OS. The lowest BCUT2D eigenvalue weighted by Crippen LogP contribution is -2.28. The predicted molar refractivity (Wildman–Crippen MR) is 58.5 cm³/mol. The van der Waals surface area contributed by atoms with Crippen molar-refractivity contribution in [2.45, 2.75) is 6.92 Å². The highest BCUT2D eigenvalue weighted by Crippen LogP contribution is 2.03. The first-order valence-electron chi connectivity index (χ1n) is 4.50. The summed E-state index contributed by atoms with van der Waals surface area (Å²) in [6.45, 7) is 2.83. The number of nitrogens with one attached hydrogen (secondary N) is 2. The van der Waals surface area contributed by atoms with Crippen molar-refractivity contribution in [2.75, 3.05) is 18.6 Å². The molecule has 0 bridgehead atoms. The minimum absolute atomic E-state index is 0.0632. The Kier molecular flexibility index (Phi) is 4.52. The van der Waals surface area contributed by atoms with Gasteiger partial charge in [-0.15, -0.1) is 0 Å². The number of aromatic amines is 1. The zero-order chi connectivity index (χ0) is 10.4. The Morgan fingerprint density at radius 1 is 1.79 bits per heavy atom. The molecule has 1 aromatic heterocycles. The van der Waals surface area contributed by atoms with Crippen LogP contribution >= 0.6 is 11.8 Å².